The molecule has 0 saturated heterocycles. The van der Waals surface area contributed by atoms with Gasteiger partial charge in [-0.1, -0.05) is 57.7 Å². The molecular weight excluding hydrogens is 244 g/mol. The van der Waals surface area contributed by atoms with E-state index in [1.165, 1.54) is 56.9 Å². The summed E-state index contributed by atoms with van der Waals surface area (Å²) in [6.45, 7) is 4.82. The molecular formula is C19H32O. The Morgan fingerprint density at radius 1 is 0.750 bits per heavy atom. The number of aryl methyl sites for hydroxylation is 3. The van der Waals surface area contributed by atoms with Crippen molar-refractivity contribution in [3.8, 4) is 0 Å². The van der Waals surface area contributed by atoms with Crippen LogP contribution >= 0.6 is 0 Å². The van der Waals surface area contributed by atoms with Gasteiger partial charge in [0.2, 0.25) is 0 Å². The van der Waals surface area contributed by atoms with Crippen LogP contribution in [-0.2, 0) is 19.3 Å². The Kier molecular flexibility index (Phi) is 9.40. The molecule has 0 aromatic heterocycles. The van der Waals surface area contributed by atoms with Crippen molar-refractivity contribution < 1.29 is 5.11 Å². The van der Waals surface area contributed by atoms with Gasteiger partial charge in [-0.25, -0.2) is 0 Å². The molecule has 0 amide bonds. The molecule has 20 heavy (non-hydrogen) atoms. The molecule has 0 radical (unpaired) electrons. The fourth-order valence-corrected chi connectivity index (χ4v) is 2.73. The molecule has 0 bridgehead atoms. The third-order valence-corrected chi connectivity index (χ3v) is 3.99. The lowest BCUT2D eigenvalue weighted by molar-refractivity contribution is 0.288. The third kappa shape index (κ3) is 6.56. The van der Waals surface area contributed by atoms with Crippen LogP contribution in [0.25, 0.3) is 0 Å². The van der Waals surface area contributed by atoms with Gasteiger partial charge >= 0.3 is 0 Å². The Morgan fingerprint density at radius 2 is 1.40 bits per heavy atom. The highest BCUT2D eigenvalue weighted by atomic mass is 16.2. The van der Waals surface area contributed by atoms with Crippen LogP contribution in [0.1, 0.15) is 75.5 Å². The Bertz CT molecular complexity index is 357. The average Bonchev–Trinajstić information content (AvgIpc) is 2.47. The van der Waals surface area contributed by atoms with Crippen molar-refractivity contribution in [2.24, 2.45) is 0 Å². The van der Waals surface area contributed by atoms with Crippen molar-refractivity contribution in [2.75, 3.05) is 6.61 Å². The lowest BCUT2D eigenvalue weighted by atomic mass is 9.94. The maximum Gasteiger partial charge on any atom is 0.0434 e. The van der Waals surface area contributed by atoms with E-state index in [0.717, 1.165) is 12.8 Å². The van der Waals surface area contributed by atoms with Gasteiger partial charge in [0.05, 0.1) is 0 Å². The first kappa shape index (κ1) is 17.2. The van der Waals surface area contributed by atoms with Crippen LogP contribution in [0.3, 0.4) is 0 Å². The Labute approximate surface area is 125 Å². The molecule has 1 aromatic carbocycles. The van der Waals surface area contributed by atoms with Crippen LogP contribution in [0.15, 0.2) is 18.2 Å². The van der Waals surface area contributed by atoms with Crippen molar-refractivity contribution in [1.82, 2.24) is 0 Å². The van der Waals surface area contributed by atoms with E-state index in [-0.39, 0.29) is 0 Å². The summed E-state index contributed by atoms with van der Waals surface area (Å²) in [5.41, 5.74) is 4.51. The zero-order valence-electron chi connectivity index (χ0n) is 13.5. The molecule has 0 saturated carbocycles. The van der Waals surface area contributed by atoms with Crippen LogP contribution in [0, 0.1) is 0 Å². The van der Waals surface area contributed by atoms with E-state index >= 15 is 0 Å². The standard InChI is InChI=1S/C19H32O/c1-3-5-7-11-18-14-13-17(10-9-15-20)16-19(18)12-8-6-4-2/h13-14,16,20H,3-12,15H2,1-2H3. The molecule has 0 aliphatic carbocycles. The first-order valence-electron chi connectivity index (χ1n) is 8.53. The van der Waals surface area contributed by atoms with Crippen molar-refractivity contribution >= 4 is 0 Å². The lowest BCUT2D eigenvalue weighted by Gasteiger charge is -2.12. The number of rotatable bonds is 11. The minimum Gasteiger partial charge on any atom is -0.396 e. The molecule has 0 aliphatic rings. The van der Waals surface area contributed by atoms with Gasteiger partial charge in [-0.2, -0.15) is 0 Å². The van der Waals surface area contributed by atoms with Crippen molar-refractivity contribution in [3.05, 3.63) is 34.9 Å². The van der Waals surface area contributed by atoms with Gasteiger partial charge < -0.3 is 5.11 Å². The number of hydrogen-bond donors (Lipinski definition) is 1. The highest BCUT2D eigenvalue weighted by Gasteiger charge is 2.04. The van der Waals surface area contributed by atoms with Crippen LogP contribution in [0.5, 0.6) is 0 Å². The summed E-state index contributed by atoms with van der Waals surface area (Å²) < 4.78 is 0. The number of unbranched alkanes of at least 4 members (excludes halogenated alkanes) is 4. The summed E-state index contributed by atoms with van der Waals surface area (Å²) >= 11 is 0. The van der Waals surface area contributed by atoms with Crippen LogP contribution in [0.2, 0.25) is 0 Å². The third-order valence-electron chi connectivity index (χ3n) is 3.99. The fraction of sp³-hybridized carbons (Fsp3) is 0.684. The number of benzene rings is 1. The van der Waals surface area contributed by atoms with Crippen LogP contribution in [-0.4, -0.2) is 11.7 Å². The van der Waals surface area contributed by atoms with Gasteiger partial charge in [0.25, 0.3) is 0 Å². The van der Waals surface area contributed by atoms with Crippen LogP contribution in [0.4, 0.5) is 0 Å². The van der Waals surface area contributed by atoms with Crippen LogP contribution < -0.4 is 0 Å². The molecule has 1 nitrogen and oxygen atoms in total. The normalized spacial score (nSPS) is 10.9. The van der Waals surface area contributed by atoms with Gasteiger partial charge in [0.15, 0.2) is 0 Å². The SMILES string of the molecule is CCCCCc1ccc(CCCO)cc1CCCCC. The summed E-state index contributed by atoms with van der Waals surface area (Å²) in [5.74, 6) is 0. The summed E-state index contributed by atoms with van der Waals surface area (Å²) in [4.78, 5) is 0. The number of aliphatic hydroxyl groups is 1. The molecule has 114 valence electrons. The molecule has 0 fully saturated rings. The molecule has 1 N–H and O–H groups in total. The Balaban J connectivity index is 2.68. The average molecular weight is 276 g/mol. The Morgan fingerprint density at radius 3 is 2.00 bits per heavy atom. The summed E-state index contributed by atoms with van der Waals surface area (Å²) in [6.07, 6.45) is 12.2. The monoisotopic (exact) mass is 276 g/mol. The van der Waals surface area contributed by atoms with E-state index < -0.39 is 0 Å². The van der Waals surface area contributed by atoms with E-state index in [1.807, 2.05) is 0 Å². The second kappa shape index (κ2) is 10.9. The van der Waals surface area contributed by atoms with Gasteiger partial charge in [0.1, 0.15) is 0 Å². The maximum absolute atomic E-state index is 8.97. The van der Waals surface area contributed by atoms with E-state index in [0.29, 0.717) is 6.61 Å². The van der Waals surface area contributed by atoms with E-state index in [9.17, 15) is 0 Å². The molecule has 0 unspecified atom stereocenters. The summed E-state index contributed by atoms with van der Waals surface area (Å²) in [7, 11) is 0. The summed E-state index contributed by atoms with van der Waals surface area (Å²) in [6, 6.07) is 7.00. The predicted octanol–water partition coefficient (Wildman–Crippen LogP) is 5.08. The van der Waals surface area contributed by atoms with Gasteiger partial charge in [0, 0.05) is 6.61 Å². The highest BCUT2D eigenvalue weighted by molar-refractivity contribution is 5.32. The van der Waals surface area contributed by atoms with E-state index in [2.05, 4.69) is 32.0 Å². The van der Waals surface area contributed by atoms with Crippen molar-refractivity contribution in [2.45, 2.75) is 78.1 Å². The number of hydrogen-bond acceptors (Lipinski definition) is 1. The molecule has 0 heterocycles. The lowest BCUT2D eigenvalue weighted by Crippen LogP contribution is -1.98. The minimum atomic E-state index is 0.295. The summed E-state index contributed by atoms with van der Waals surface area (Å²) in [5, 5.41) is 8.97. The van der Waals surface area contributed by atoms with E-state index in [4.69, 9.17) is 5.11 Å². The Hall–Kier alpha value is -0.820. The van der Waals surface area contributed by atoms with Gasteiger partial charge in [-0.15, -0.1) is 0 Å². The fourth-order valence-electron chi connectivity index (χ4n) is 2.73. The predicted molar refractivity (Wildman–Crippen MR) is 88.3 cm³/mol. The minimum absolute atomic E-state index is 0.295. The topological polar surface area (TPSA) is 20.2 Å². The zero-order valence-corrected chi connectivity index (χ0v) is 13.5. The number of aliphatic hydroxyl groups excluding tert-OH is 1. The molecule has 1 aromatic rings. The first-order chi connectivity index (χ1) is 9.81. The van der Waals surface area contributed by atoms with Gasteiger partial charge in [-0.05, 0) is 55.2 Å². The second-order valence-electron chi connectivity index (χ2n) is 5.84. The second-order valence-corrected chi connectivity index (χ2v) is 5.84. The van der Waals surface area contributed by atoms with Crippen molar-refractivity contribution in [3.63, 3.8) is 0 Å². The van der Waals surface area contributed by atoms with Crippen molar-refractivity contribution in [1.29, 1.82) is 0 Å². The largest absolute Gasteiger partial charge is 0.396 e. The molecule has 1 rings (SSSR count). The first-order valence-corrected chi connectivity index (χ1v) is 8.53. The smallest absolute Gasteiger partial charge is 0.0434 e. The molecule has 0 aliphatic heterocycles. The van der Waals surface area contributed by atoms with E-state index in [1.54, 1.807) is 11.1 Å². The zero-order chi connectivity index (χ0) is 14.6. The molecule has 1 heteroatoms. The van der Waals surface area contributed by atoms with Gasteiger partial charge in [-0.3, -0.25) is 0 Å². The quantitative estimate of drug-likeness (QED) is 0.559. The molecule has 0 atom stereocenters. The highest BCUT2D eigenvalue weighted by Crippen LogP contribution is 2.19. The maximum atomic E-state index is 8.97. The molecule has 0 spiro atoms.